The van der Waals surface area contributed by atoms with E-state index in [1.54, 1.807) is 6.07 Å². The van der Waals surface area contributed by atoms with E-state index >= 15 is 0 Å². The summed E-state index contributed by atoms with van der Waals surface area (Å²) in [5.74, 6) is 1.43. The third-order valence-electron chi connectivity index (χ3n) is 3.43. The number of aromatic nitrogens is 2. The van der Waals surface area contributed by atoms with Crippen LogP contribution in [0.3, 0.4) is 0 Å². The molecular weight excluding hydrogens is 282 g/mol. The van der Waals surface area contributed by atoms with Crippen molar-refractivity contribution < 1.29 is 0 Å². The topological polar surface area (TPSA) is 41.6 Å². The summed E-state index contributed by atoms with van der Waals surface area (Å²) in [5, 5.41) is 9.09. The molecule has 3 rings (SSSR count). The fraction of sp³-hybridized carbons (Fsp3) is 0.176. The maximum atomic E-state index is 9.09. The number of hydrogen-bond donors (Lipinski definition) is 0. The second kappa shape index (κ2) is 5.59. The first-order valence-corrected chi connectivity index (χ1v) is 7.31. The zero-order chi connectivity index (χ0) is 14.8. The second-order valence-electron chi connectivity index (χ2n) is 4.96. The molecule has 0 unspecified atom stereocenters. The quantitative estimate of drug-likeness (QED) is 0.686. The lowest BCUT2D eigenvalue weighted by atomic mass is 10.2. The molecule has 0 fully saturated rings. The molecule has 4 heteroatoms. The lowest BCUT2D eigenvalue weighted by molar-refractivity contribution is 0.912. The van der Waals surface area contributed by atoms with Gasteiger partial charge in [-0.15, -0.1) is 11.6 Å². The van der Waals surface area contributed by atoms with Crippen LogP contribution in [-0.2, 0) is 6.42 Å². The van der Waals surface area contributed by atoms with Crippen LogP contribution in [0.25, 0.3) is 16.7 Å². The molecule has 3 aromatic rings. The van der Waals surface area contributed by atoms with Crippen LogP contribution in [0.4, 0.5) is 0 Å². The predicted molar refractivity (Wildman–Crippen MR) is 84.9 cm³/mol. The number of nitriles is 1. The van der Waals surface area contributed by atoms with E-state index in [9.17, 15) is 0 Å². The Balaban J connectivity index is 2.28. The van der Waals surface area contributed by atoms with Gasteiger partial charge in [-0.25, -0.2) is 4.98 Å². The Morgan fingerprint density at radius 1 is 1.24 bits per heavy atom. The number of rotatable bonds is 3. The van der Waals surface area contributed by atoms with Gasteiger partial charge in [0.15, 0.2) is 0 Å². The molecule has 0 saturated carbocycles. The van der Waals surface area contributed by atoms with E-state index in [4.69, 9.17) is 21.8 Å². The molecule has 0 amide bonds. The number of fused-ring (bicyclic) bond motifs is 1. The molecule has 1 heterocycles. The summed E-state index contributed by atoms with van der Waals surface area (Å²) in [4.78, 5) is 4.69. The minimum Gasteiger partial charge on any atom is -0.296 e. The highest BCUT2D eigenvalue weighted by Crippen LogP contribution is 2.23. The highest BCUT2D eigenvalue weighted by molar-refractivity contribution is 6.17. The number of benzene rings is 2. The molecule has 0 aliphatic heterocycles. The predicted octanol–water partition coefficient (Wildman–Crippen LogP) is 3.99. The number of halogens is 1. The molecule has 0 saturated heterocycles. The molecule has 2 aromatic carbocycles. The summed E-state index contributed by atoms with van der Waals surface area (Å²) in [6.07, 6.45) is 0.687. The van der Waals surface area contributed by atoms with Gasteiger partial charge in [0, 0.05) is 18.0 Å². The SMILES string of the molecule is Cc1ccc2c(c1)nc(CCCl)n2-c1cccc(C#N)c1. The third kappa shape index (κ3) is 2.51. The van der Waals surface area contributed by atoms with E-state index in [1.165, 1.54) is 5.56 Å². The molecular formula is C17H14ClN3. The maximum Gasteiger partial charge on any atom is 0.115 e. The van der Waals surface area contributed by atoms with Gasteiger partial charge in [-0.05, 0) is 42.8 Å². The van der Waals surface area contributed by atoms with Gasteiger partial charge < -0.3 is 0 Å². The van der Waals surface area contributed by atoms with Crippen LogP contribution in [-0.4, -0.2) is 15.4 Å². The van der Waals surface area contributed by atoms with Gasteiger partial charge in [0.05, 0.1) is 22.7 Å². The number of imidazole rings is 1. The van der Waals surface area contributed by atoms with Gasteiger partial charge >= 0.3 is 0 Å². The largest absolute Gasteiger partial charge is 0.296 e. The van der Waals surface area contributed by atoms with Crippen LogP contribution in [0.5, 0.6) is 0 Å². The van der Waals surface area contributed by atoms with Crippen molar-refractivity contribution in [2.45, 2.75) is 13.3 Å². The molecule has 0 aliphatic rings. The summed E-state index contributed by atoms with van der Waals surface area (Å²) in [5.41, 5.74) is 4.75. The van der Waals surface area contributed by atoms with Crippen LogP contribution in [0.2, 0.25) is 0 Å². The number of nitrogens with zero attached hydrogens (tertiary/aromatic N) is 3. The first-order chi connectivity index (χ1) is 10.2. The fourth-order valence-corrected chi connectivity index (χ4v) is 2.66. The van der Waals surface area contributed by atoms with Crippen molar-refractivity contribution in [3.8, 4) is 11.8 Å². The van der Waals surface area contributed by atoms with Crippen LogP contribution in [0.15, 0.2) is 42.5 Å². The van der Waals surface area contributed by atoms with Crippen LogP contribution in [0, 0.1) is 18.3 Å². The monoisotopic (exact) mass is 295 g/mol. The summed E-state index contributed by atoms with van der Waals surface area (Å²) in [6.45, 7) is 2.05. The smallest absolute Gasteiger partial charge is 0.115 e. The molecule has 0 bridgehead atoms. The van der Waals surface area contributed by atoms with Crippen molar-refractivity contribution in [3.63, 3.8) is 0 Å². The average Bonchev–Trinajstić information content (AvgIpc) is 2.84. The Hall–Kier alpha value is -2.31. The molecule has 21 heavy (non-hydrogen) atoms. The van der Waals surface area contributed by atoms with E-state index in [2.05, 4.69) is 35.8 Å². The Morgan fingerprint density at radius 3 is 2.86 bits per heavy atom. The summed E-state index contributed by atoms with van der Waals surface area (Å²) >= 11 is 5.91. The molecule has 0 atom stereocenters. The zero-order valence-electron chi connectivity index (χ0n) is 11.7. The maximum absolute atomic E-state index is 9.09. The molecule has 3 nitrogen and oxygen atoms in total. The number of hydrogen-bond acceptors (Lipinski definition) is 2. The van der Waals surface area contributed by atoms with Crippen molar-refractivity contribution in [2.75, 3.05) is 5.88 Å². The van der Waals surface area contributed by atoms with Crippen LogP contribution >= 0.6 is 11.6 Å². The van der Waals surface area contributed by atoms with Crippen molar-refractivity contribution >= 4 is 22.6 Å². The van der Waals surface area contributed by atoms with Crippen molar-refractivity contribution in [1.82, 2.24) is 9.55 Å². The first kappa shape index (κ1) is 13.7. The van der Waals surface area contributed by atoms with Gasteiger partial charge in [-0.1, -0.05) is 12.1 Å². The summed E-state index contributed by atoms with van der Waals surface area (Å²) < 4.78 is 2.08. The summed E-state index contributed by atoms with van der Waals surface area (Å²) in [7, 11) is 0. The molecule has 104 valence electrons. The summed E-state index contributed by atoms with van der Waals surface area (Å²) in [6, 6.07) is 15.9. The highest BCUT2D eigenvalue weighted by atomic mass is 35.5. The number of alkyl halides is 1. The minimum atomic E-state index is 0.514. The van der Waals surface area contributed by atoms with E-state index in [1.807, 2.05) is 18.2 Å². The molecule has 0 radical (unpaired) electrons. The average molecular weight is 296 g/mol. The van der Waals surface area contributed by atoms with E-state index in [0.29, 0.717) is 17.9 Å². The van der Waals surface area contributed by atoms with Gasteiger partial charge in [0.25, 0.3) is 0 Å². The normalized spacial score (nSPS) is 10.7. The zero-order valence-corrected chi connectivity index (χ0v) is 12.4. The Labute approximate surface area is 128 Å². The number of aryl methyl sites for hydroxylation is 2. The van der Waals surface area contributed by atoms with Gasteiger partial charge in [0.1, 0.15) is 5.82 Å². The fourth-order valence-electron chi connectivity index (χ4n) is 2.50. The minimum absolute atomic E-state index is 0.514. The molecule has 1 aromatic heterocycles. The Kier molecular flexibility index (Phi) is 3.64. The van der Waals surface area contributed by atoms with Crippen LogP contribution < -0.4 is 0 Å². The first-order valence-electron chi connectivity index (χ1n) is 6.77. The lowest BCUT2D eigenvalue weighted by Crippen LogP contribution is -2.02. The van der Waals surface area contributed by atoms with Crippen molar-refractivity contribution in [1.29, 1.82) is 5.26 Å². The third-order valence-corrected chi connectivity index (χ3v) is 3.62. The van der Waals surface area contributed by atoms with E-state index in [0.717, 1.165) is 22.5 Å². The van der Waals surface area contributed by atoms with E-state index in [-0.39, 0.29) is 0 Å². The Morgan fingerprint density at radius 2 is 2.10 bits per heavy atom. The standard InChI is InChI=1S/C17H14ClN3/c1-12-5-6-16-15(9-12)20-17(7-8-18)21(16)14-4-2-3-13(10-14)11-19/h2-6,9-10H,7-8H2,1H3. The van der Waals surface area contributed by atoms with Gasteiger partial charge in [-0.2, -0.15) is 5.26 Å². The molecule has 0 aliphatic carbocycles. The molecule has 0 spiro atoms. The van der Waals surface area contributed by atoms with Gasteiger partial charge in [0.2, 0.25) is 0 Å². The lowest BCUT2D eigenvalue weighted by Gasteiger charge is -2.09. The molecule has 0 N–H and O–H groups in total. The van der Waals surface area contributed by atoms with Gasteiger partial charge in [-0.3, -0.25) is 4.57 Å². The second-order valence-corrected chi connectivity index (χ2v) is 5.33. The van der Waals surface area contributed by atoms with Crippen molar-refractivity contribution in [3.05, 3.63) is 59.4 Å². The Bertz CT molecular complexity index is 843. The van der Waals surface area contributed by atoms with E-state index < -0.39 is 0 Å². The van der Waals surface area contributed by atoms with Crippen LogP contribution in [0.1, 0.15) is 17.0 Å². The highest BCUT2D eigenvalue weighted by Gasteiger charge is 2.12. The van der Waals surface area contributed by atoms with Crippen molar-refractivity contribution in [2.24, 2.45) is 0 Å².